The standard InChI is InChI=1S/C14H19N3O2.C8H10.C2H6/c1-3-10-17-13(15-16(2)14(17)19)9-6-11-4-7-12(18)8-5-11;1-7-3-5-8(2)6-4-7;1-2/h4-5,7-8,18H,3,6,9-10H2,1-2H3;3-6H,1-2H3;1-2H3. The Morgan fingerprint density at radius 2 is 1.41 bits per heavy atom. The van der Waals surface area contributed by atoms with Gasteiger partial charge in [-0.15, -0.1) is 0 Å². The van der Waals surface area contributed by atoms with E-state index in [4.69, 9.17) is 0 Å². The zero-order chi connectivity index (χ0) is 21.8. The molecule has 3 rings (SSSR count). The lowest BCUT2D eigenvalue weighted by atomic mass is 10.1. The predicted octanol–water partition coefficient (Wildman–Crippen LogP) is 4.81. The lowest BCUT2D eigenvalue weighted by molar-refractivity contribution is 0.475. The molecule has 29 heavy (non-hydrogen) atoms. The van der Waals surface area contributed by atoms with E-state index in [9.17, 15) is 9.90 Å². The molecular weight excluding hydrogens is 362 g/mol. The summed E-state index contributed by atoms with van der Waals surface area (Å²) in [4.78, 5) is 11.9. The Balaban J connectivity index is 0.000000351. The number of aryl methyl sites for hydroxylation is 5. The quantitative estimate of drug-likeness (QED) is 0.672. The van der Waals surface area contributed by atoms with Gasteiger partial charge in [0.1, 0.15) is 11.6 Å². The molecule has 0 aliphatic carbocycles. The van der Waals surface area contributed by atoms with Gasteiger partial charge in [0.15, 0.2) is 0 Å². The van der Waals surface area contributed by atoms with Gasteiger partial charge in [-0.05, 0) is 44.4 Å². The van der Waals surface area contributed by atoms with E-state index in [2.05, 4.69) is 43.2 Å². The Labute approximate surface area is 174 Å². The first-order valence-electron chi connectivity index (χ1n) is 10.3. The fourth-order valence-electron chi connectivity index (χ4n) is 2.74. The van der Waals surface area contributed by atoms with Gasteiger partial charge in [-0.1, -0.05) is 68.3 Å². The van der Waals surface area contributed by atoms with Gasteiger partial charge in [0.25, 0.3) is 0 Å². The van der Waals surface area contributed by atoms with E-state index in [1.165, 1.54) is 15.8 Å². The third-order valence-corrected chi connectivity index (χ3v) is 4.32. The van der Waals surface area contributed by atoms with Gasteiger partial charge in [0.2, 0.25) is 0 Å². The van der Waals surface area contributed by atoms with Crippen molar-refractivity contribution in [2.24, 2.45) is 7.05 Å². The predicted molar refractivity (Wildman–Crippen MR) is 121 cm³/mol. The van der Waals surface area contributed by atoms with Gasteiger partial charge >= 0.3 is 5.69 Å². The molecule has 0 radical (unpaired) electrons. The lowest BCUT2D eigenvalue weighted by Crippen LogP contribution is -2.23. The molecule has 5 nitrogen and oxygen atoms in total. The molecular formula is C24H35N3O2. The van der Waals surface area contributed by atoms with Gasteiger partial charge in [-0.3, -0.25) is 4.57 Å². The molecule has 2 aromatic carbocycles. The number of benzene rings is 2. The molecule has 0 amide bonds. The maximum absolute atomic E-state index is 11.9. The summed E-state index contributed by atoms with van der Waals surface area (Å²) in [7, 11) is 1.68. The molecule has 1 aromatic heterocycles. The van der Waals surface area contributed by atoms with E-state index < -0.39 is 0 Å². The molecule has 0 aliphatic rings. The van der Waals surface area contributed by atoms with Crippen molar-refractivity contribution in [3.05, 3.63) is 81.5 Å². The minimum Gasteiger partial charge on any atom is -0.508 e. The number of aromatic nitrogens is 3. The highest BCUT2D eigenvalue weighted by molar-refractivity contribution is 5.26. The first-order valence-corrected chi connectivity index (χ1v) is 10.3. The highest BCUT2D eigenvalue weighted by Gasteiger charge is 2.10. The third-order valence-electron chi connectivity index (χ3n) is 4.32. The second kappa shape index (κ2) is 12.6. The molecule has 0 bridgehead atoms. The number of hydrogen-bond acceptors (Lipinski definition) is 3. The minimum absolute atomic E-state index is 0.0532. The van der Waals surface area contributed by atoms with Crippen LogP contribution in [0.3, 0.4) is 0 Å². The molecule has 5 heteroatoms. The summed E-state index contributed by atoms with van der Waals surface area (Å²) in [5, 5.41) is 13.5. The van der Waals surface area contributed by atoms with Crippen LogP contribution in [-0.2, 0) is 26.4 Å². The number of phenols is 1. The molecule has 1 N–H and O–H groups in total. The Kier molecular flexibility index (Phi) is 10.5. The second-order valence-corrected chi connectivity index (χ2v) is 6.80. The Morgan fingerprint density at radius 1 is 0.897 bits per heavy atom. The SMILES string of the molecule is CC.CCCn1c(CCc2ccc(O)cc2)nn(C)c1=O.Cc1ccc(C)cc1. The maximum atomic E-state index is 11.9. The molecule has 0 saturated carbocycles. The number of aromatic hydroxyl groups is 1. The van der Waals surface area contributed by atoms with Crippen LogP contribution in [-0.4, -0.2) is 19.5 Å². The Hall–Kier alpha value is -2.82. The van der Waals surface area contributed by atoms with Crippen LogP contribution in [0.2, 0.25) is 0 Å². The number of hydrogen-bond donors (Lipinski definition) is 1. The van der Waals surface area contributed by atoms with Gasteiger partial charge in [0, 0.05) is 20.0 Å². The molecule has 1 heterocycles. The molecule has 0 saturated heterocycles. The lowest BCUT2D eigenvalue weighted by Gasteiger charge is -2.04. The van der Waals surface area contributed by atoms with E-state index >= 15 is 0 Å². The molecule has 0 unspecified atom stereocenters. The van der Waals surface area contributed by atoms with Crippen LogP contribution < -0.4 is 5.69 Å². The van der Waals surface area contributed by atoms with Crippen LogP contribution in [0, 0.1) is 13.8 Å². The average molecular weight is 398 g/mol. The van der Waals surface area contributed by atoms with Crippen molar-refractivity contribution in [3.8, 4) is 5.75 Å². The molecule has 158 valence electrons. The van der Waals surface area contributed by atoms with Gasteiger partial charge in [-0.2, -0.15) is 5.10 Å². The first kappa shape index (κ1) is 24.2. The van der Waals surface area contributed by atoms with Crippen molar-refractivity contribution in [1.82, 2.24) is 14.3 Å². The fourth-order valence-corrected chi connectivity index (χ4v) is 2.74. The van der Waals surface area contributed by atoms with Gasteiger partial charge in [0.05, 0.1) is 0 Å². The smallest absolute Gasteiger partial charge is 0.345 e. The first-order chi connectivity index (χ1) is 13.9. The molecule has 0 spiro atoms. The highest BCUT2D eigenvalue weighted by Crippen LogP contribution is 2.11. The topological polar surface area (TPSA) is 60.0 Å². The maximum Gasteiger partial charge on any atom is 0.345 e. The third kappa shape index (κ3) is 7.98. The Morgan fingerprint density at radius 3 is 1.90 bits per heavy atom. The van der Waals surface area contributed by atoms with Crippen LogP contribution in [0.1, 0.15) is 49.7 Å². The zero-order valence-corrected chi connectivity index (χ0v) is 18.6. The van der Waals surface area contributed by atoms with Crippen molar-refractivity contribution in [3.63, 3.8) is 0 Å². The van der Waals surface area contributed by atoms with Crippen molar-refractivity contribution >= 4 is 0 Å². The zero-order valence-electron chi connectivity index (χ0n) is 18.6. The monoisotopic (exact) mass is 397 g/mol. The summed E-state index contributed by atoms with van der Waals surface area (Å²) in [6, 6.07) is 15.6. The average Bonchev–Trinajstić information content (AvgIpc) is 3.00. The van der Waals surface area contributed by atoms with Crippen molar-refractivity contribution < 1.29 is 5.11 Å². The van der Waals surface area contributed by atoms with Gasteiger partial charge in [-0.25, -0.2) is 9.48 Å². The number of nitrogens with zero attached hydrogens (tertiary/aromatic N) is 3. The van der Waals surface area contributed by atoms with Crippen LogP contribution in [0.15, 0.2) is 53.3 Å². The van der Waals surface area contributed by atoms with Crippen LogP contribution in [0.25, 0.3) is 0 Å². The highest BCUT2D eigenvalue weighted by atomic mass is 16.3. The summed E-state index contributed by atoms with van der Waals surface area (Å²) in [5.41, 5.74) is 3.73. The molecule has 3 aromatic rings. The number of phenolic OH excluding ortho intramolecular Hbond substituents is 1. The van der Waals surface area contributed by atoms with Crippen molar-refractivity contribution in [1.29, 1.82) is 0 Å². The van der Waals surface area contributed by atoms with E-state index in [0.29, 0.717) is 6.54 Å². The van der Waals surface area contributed by atoms with Gasteiger partial charge < -0.3 is 5.11 Å². The van der Waals surface area contributed by atoms with E-state index in [1.807, 2.05) is 32.9 Å². The van der Waals surface area contributed by atoms with Crippen molar-refractivity contribution in [2.45, 2.75) is 60.4 Å². The summed E-state index contributed by atoms with van der Waals surface area (Å²) in [5.74, 6) is 1.09. The summed E-state index contributed by atoms with van der Waals surface area (Å²) >= 11 is 0. The van der Waals surface area contributed by atoms with Crippen molar-refractivity contribution in [2.75, 3.05) is 0 Å². The van der Waals surface area contributed by atoms with Crippen LogP contribution >= 0.6 is 0 Å². The number of rotatable bonds is 5. The molecule has 0 fully saturated rings. The van der Waals surface area contributed by atoms with E-state index in [-0.39, 0.29) is 11.4 Å². The normalized spacial score (nSPS) is 9.86. The molecule has 0 atom stereocenters. The molecule has 0 aliphatic heterocycles. The largest absolute Gasteiger partial charge is 0.508 e. The fraction of sp³-hybridized carbons (Fsp3) is 0.417. The van der Waals surface area contributed by atoms with Crippen LogP contribution in [0.4, 0.5) is 0 Å². The van der Waals surface area contributed by atoms with E-state index in [0.717, 1.165) is 30.7 Å². The summed E-state index contributed by atoms with van der Waals surface area (Å²) in [6.07, 6.45) is 2.44. The summed E-state index contributed by atoms with van der Waals surface area (Å²) in [6.45, 7) is 10.9. The summed E-state index contributed by atoms with van der Waals surface area (Å²) < 4.78 is 3.13. The van der Waals surface area contributed by atoms with E-state index in [1.54, 1.807) is 23.7 Å². The Bertz CT molecular complexity index is 870. The second-order valence-electron chi connectivity index (χ2n) is 6.80. The van der Waals surface area contributed by atoms with Crippen LogP contribution in [0.5, 0.6) is 5.75 Å². The minimum atomic E-state index is -0.0532.